The Kier molecular flexibility index (Phi) is 4.30. The van der Waals surface area contributed by atoms with E-state index < -0.39 is 0 Å². The number of nitrogens with zero attached hydrogens (tertiary/aromatic N) is 2. The van der Waals surface area contributed by atoms with E-state index in [0.29, 0.717) is 12.0 Å². The summed E-state index contributed by atoms with van der Waals surface area (Å²) >= 11 is 0. The molecule has 0 bridgehead atoms. The summed E-state index contributed by atoms with van der Waals surface area (Å²) in [5.74, 6) is -0.173. The van der Waals surface area contributed by atoms with Crippen LogP contribution in [0.1, 0.15) is 23.7 Å². The highest BCUT2D eigenvalue weighted by molar-refractivity contribution is 5.94. The van der Waals surface area contributed by atoms with E-state index in [4.69, 9.17) is 5.11 Å². The van der Waals surface area contributed by atoms with Crippen LogP contribution in [0, 0.1) is 0 Å². The van der Waals surface area contributed by atoms with E-state index in [9.17, 15) is 4.79 Å². The maximum atomic E-state index is 11.9. The van der Waals surface area contributed by atoms with Gasteiger partial charge in [-0.05, 0) is 36.8 Å². The molecule has 5 heteroatoms. The molecule has 0 spiro atoms. The van der Waals surface area contributed by atoms with Gasteiger partial charge in [-0.2, -0.15) is 5.10 Å². The normalized spacial score (nSPS) is 12.1. The fourth-order valence-electron chi connectivity index (χ4n) is 1.73. The van der Waals surface area contributed by atoms with Crippen LogP contribution in [0.4, 0.5) is 0 Å². The molecule has 0 aliphatic heterocycles. The topological polar surface area (TPSA) is 67.2 Å². The Balaban J connectivity index is 2.08. The average molecular weight is 259 g/mol. The molecule has 2 N–H and O–H groups in total. The van der Waals surface area contributed by atoms with Crippen molar-refractivity contribution in [3.63, 3.8) is 0 Å². The standard InChI is InChI=1S/C14H17N3O2/c1-2-12(10-18)16-14(19)11-4-6-13(7-5-11)17-9-3-8-15-17/h3-9,12,18H,2,10H2,1H3,(H,16,19). The highest BCUT2D eigenvalue weighted by Crippen LogP contribution is 2.09. The molecule has 1 aromatic heterocycles. The number of aromatic nitrogens is 2. The molecule has 0 radical (unpaired) electrons. The van der Waals surface area contributed by atoms with Crippen molar-refractivity contribution in [2.75, 3.05) is 6.61 Å². The molecular formula is C14H17N3O2. The number of carbonyl (C=O) groups is 1. The van der Waals surface area contributed by atoms with Crippen LogP contribution in [0.15, 0.2) is 42.7 Å². The van der Waals surface area contributed by atoms with Crippen molar-refractivity contribution in [1.29, 1.82) is 0 Å². The number of hydrogen-bond acceptors (Lipinski definition) is 3. The van der Waals surface area contributed by atoms with E-state index in [1.165, 1.54) is 0 Å². The number of carbonyl (C=O) groups excluding carboxylic acids is 1. The SMILES string of the molecule is CCC(CO)NC(=O)c1ccc(-n2cccn2)cc1. The van der Waals surface area contributed by atoms with Gasteiger partial charge in [0.25, 0.3) is 5.91 Å². The average Bonchev–Trinajstić information content (AvgIpc) is 2.99. The highest BCUT2D eigenvalue weighted by atomic mass is 16.3. The van der Waals surface area contributed by atoms with Crippen LogP contribution >= 0.6 is 0 Å². The first-order chi connectivity index (χ1) is 9.24. The molecule has 2 aromatic rings. The monoisotopic (exact) mass is 259 g/mol. The maximum absolute atomic E-state index is 11.9. The number of amides is 1. The van der Waals surface area contributed by atoms with Crippen LogP contribution in [-0.2, 0) is 0 Å². The van der Waals surface area contributed by atoms with Crippen molar-refractivity contribution in [2.24, 2.45) is 0 Å². The van der Waals surface area contributed by atoms with Crippen molar-refractivity contribution in [3.05, 3.63) is 48.3 Å². The maximum Gasteiger partial charge on any atom is 0.251 e. The highest BCUT2D eigenvalue weighted by Gasteiger charge is 2.11. The van der Waals surface area contributed by atoms with Crippen LogP contribution in [0.25, 0.3) is 5.69 Å². The Hall–Kier alpha value is -2.14. The fraction of sp³-hybridized carbons (Fsp3) is 0.286. The fourth-order valence-corrected chi connectivity index (χ4v) is 1.73. The van der Waals surface area contributed by atoms with E-state index in [0.717, 1.165) is 5.69 Å². The molecule has 0 saturated carbocycles. The summed E-state index contributed by atoms with van der Waals surface area (Å²) in [6.45, 7) is 1.87. The van der Waals surface area contributed by atoms with Crippen molar-refractivity contribution < 1.29 is 9.90 Å². The number of rotatable bonds is 5. The lowest BCUT2D eigenvalue weighted by molar-refractivity contribution is 0.0915. The Morgan fingerprint density at radius 1 is 1.42 bits per heavy atom. The first kappa shape index (κ1) is 13.3. The van der Waals surface area contributed by atoms with Gasteiger partial charge in [0.2, 0.25) is 0 Å². The van der Waals surface area contributed by atoms with E-state index in [1.54, 1.807) is 23.0 Å². The molecule has 1 aromatic carbocycles. The number of aliphatic hydroxyl groups is 1. The van der Waals surface area contributed by atoms with Crippen molar-refractivity contribution in [1.82, 2.24) is 15.1 Å². The van der Waals surface area contributed by atoms with Gasteiger partial charge in [0, 0.05) is 18.0 Å². The summed E-state index contributed by atoms with van der Waals surface area (Å²) in [5, 5.41) is 16.0. The summed E-state index contributed by atoms with van der Waals surface area (Å²) < 4.78 is 1.73. The molecule has 0 saturated heterocycles. The quantitative estimate of drug-likeness (QED) is 0.852. The van der Waals surface area contributed by atoms with Crippen molar-refractivity contribution >= 4 is 5.91 Å². The van der Waals surface area contributed by atoms with Crippen LogP contribution in [0.3, 0.4) is 0 Å². The van der Waals surface area contributed by atoms with Crippen LogP contribution in [0.2, 0.25) is 0 Å². The lowest BCUT2D eigenvalue weighted by Crippen LogP contribution is -2.36. The summed E-state index contributed by atoms with van der Waals surface area (Å²) in [7, 11) is 0. The minimum atomic E-state index is -0.196. The first-order valence-corrected chi connectivity index (χ1v) is 6.26. The number of hydrogen-bond donors (Lipinski definition) is 2. The van der Waals surface area contributed by atoms with Gasteiger partial charge in [-0.3, -0.25) is 4.79 Å². The third-order valence-electron chi connectivity index (χ3n) is 2.95. The van der Waals surface area contributed by atoms with Crippen LogP contribution < -0.4 is 5.32 Å². The minimum absolute atomic E-state index is 0.0480. The van der Waals surface area contributed by atoms with Crippen molar-refractivity contribution in [2.45, 2.75) is 19.4 Å². The summed E-state index contributed by atoms with van der Waals surface area (Å²) in [6, 6.07) is 8.81. The first-order valence-electron chi connectivity index (χ1n) is 6.26. The van der Waals surface area contributed by atoms with E-state index in [-0.39, 0.29) is 18.6 Å². The van der Waals surface area contributed by atoms with Gasteiger partial charge in [0.05, 0.1) is 18.3 Å². The Bertz CT molecular complexity index is 516. The third-order valence-corrected chi connectivity index (χ3v) is 2.95. The Morgan fingerprint density at radius 3 is 2.68 bits per heavy atom. The van der Waals surface area contributed by atoms with E-state index in [2.05, 4.69) is 10.4 Å². The van der Waals surface area contributed by atoms with Crippen molar-refractivity contribution in [3.8, 4) is 5.69 Å². The smallest absolute Gasteiger partial charge is 0.251 e. The molecular weight excluding hydrogens is 242 g/mol. The summed E-state index contributed by atoms with van der Waals surface area (Å²) in [5.41, 5.74) is 1.47. The zero-order valence-corrected chi connectivity index (χ0v) is 10.8. The Labute approximate surface area is 111 Å². The molecule has 0 fully saturated rings. The number of aliphatic hydroxyl groups excluding tert-OH is 1. The summed E-state index contributed by atoms with van der Waals surface area (Å²) in [4.78, 5) is 11.9. The predicted octanol–water partition coefficient (Wildman–Crippen LogP) is 1.37. The van der Waals surface area contributed by atoms with Gasteiger partial charge >= 0.3 is 0 Å². The molecule has 2 rings (SSSR count). The summed E-state index contributed by atoms with van der Waals surface area (Å²) in [6.07, 6.45) is 4.25. The molecule has 19 heavy (non-hydrogen) atoms. The lowest BCUT2D eigenvalue weighted by Gasteiger charge is -2.14. The van der Waals surface area contributed by atoms with Gasteiger partial charge in [-0.25, -0.2) is 4.68 Å². The van der Waals surface area contributed by atoms with Crippen LogP contribution in [0.5, 0.6) is 0 Å². The minimum Gasteiger partial charge on any atom is -0.394 e. The Morgan fingerprint density at radius 2 is 2.16 bits per heavy atom. The zero-order valence-electron chi connectivity index (χ0n) is 10.8. The van der Waals surface area contributed by atoms with E-state index >= 15 is 0 Å². The second-order valence-electron chi connectivity index (χ2n) is 4.26. The molecule has 0 aliphatic rings. The zero-order chi connectivity index (χ0) is 13.7. The largest absolute Gasteiger partial charge is 0.394 e. The van der Waals surface area contributed by atoms with Gasteiger partial charge < -0.3 is 10.4 Å². The molecule has 5 nitrogen and oxygen atoms in total. The molecule has 1 heterocycles. The van der Waals surface area contributed by atoms with Gasteiger partial charge in [-0.1, -0.05) is 6.92 Å². The molecule has 100 valence electrons. The number of benzene rings is 1. The number of nitrogens with one attached hydrogen (secondary N) is 1. The van der Waals surface area contributed by atoms with Gasteiger partial charge in [-0.15, -0.1) is 0 Å². The second-order valence-corrected chi connectivity index (χ2v) is 4.26. The third kappa shape index (κ3) is 3.20. The second kappa shape index (κ2) is 6.15. The van der Waals surface area contributed by atoms with Crippen LogP contribution in [-0.4, -0.2) is 33.4 Å². The predicted molar refractivity (Wildman–Crippen MR) is 72.2 cm³/mol. The lowest BCUT2D eigenvalue weighted by atomic mass is 10.1. The molecule has 1 unspecified atom stereocenters. The molecule has 1 amide bonds. The molecule has 0 aliphatic carbocycles. The van der Waals surface area contributed by atoms with E-state index in [1.807, 2.05) is 31.3 Å². The van der Waals surface area contributed by atoms with Gasteiger partial charge in [0.15, 0.2) is 0 Å². The van der Waals surface area contributed by atoms with Gasteiger partial charge in [0.1, 0.15) is 0 Å². The molecule has 1 atom stereocenters.